The molecule has 1 aromatic rings. The molecule has 0 saturated carbocycles. The fourth-order valence-corrected chi connectivity index (χ4v) is 3.69. The highest BCUT2D eigenvalue weighted by atomic mass is 35.5. The van der Waals surface area contributed by atoms with Gasteiger partial charge in [-0.2, -0.15) is 0 Å². The van der Waals surface area contributed by atoms with Crippen LogP contribution in [-0.2, 0) is 0 Å². The monoisotopic (exact) mass is 347 g/mol. The number of hydrogen-bond acceptors (Lipinski definition) is 2. The van der Waals surface area contributed by atoms with Gasteiger partial charge in [0.15, 0.2) is 0 Å². The van der Waals surface area contributed by atoms with Gasteiger partial charge in [0.1, 0.15) is 0 Å². The number of allylic oxidation sites excluding steroid dienone is 1. The Morgan fingerprint density at radius 2 is 1.92 bits per heavy atom. The van der Waals surface area contributed by atoms with Gasteiger partial charge in [-0.1, -0.05) is 35.4 Å². The van der Waals surface area contributed by atoms with Crippen LogP contribution in [0.25, 0.3) is 0 Å². The second kappa shape index (κ2) is 8.43. The van der Waals surface area contributed by atoms with Crippen LogP contribution in [0.5, 0.6) is 0 Å². The first-order valence-corrected chi connectivity index (χ1v) is 9.32. The number of hydrogen-bond donors (Lipinski definition) is 1. The van der Waals surface area contributed by atoms with Gasteiger partial charge in [-0.15, -0.1) is 0 Å². The molecule has 130 valence electrons. The van der Waals surface area contributed by atoms with Gasteiger partial charge in [-0.3, -0.25) is 0 Å². The zero-order valence-corrected chi connectivity index (χ0v) is 14.9. The molecule has 5 heteroatoms. The fourth-order valence-electron chi connectivity index (χ4n) is 3.43. The summed E-state index contributed by atoms with van der Waals surface area (Å²) in [6.07, 6.45) is 8.35. The van der Waals surface area contributed by atoms with E-state index in [0.717, 1.165) is 49.9 Å². The number of para-hydroxylation sites is 1. The van der Waals surface area contributed by atoms with Gasteiger partial charge in [0.2, 0.25) is 0 Å². The lowest BCUT2D eigenvalue weighted by Gasteiger charge is -2.36. The van der Waals surface area contributed by atoms with Crippen molar-refractivity contribution in [2.45, 2.75) is 32.1 Å². The minimum atomic E-state index is 0.0604. The van der Waals surface area contributed by atoms with E-state index in [1.165, 1.54) is 31.3 Å². The van der Waals surface area contributed by atoms with E-state index in [9.17, 15) is 4.79 Å². The van der Waals surface area contributed by atoms with E-state index in [2.05, 4.69) is 16.3 Å². The number of piperazine rings is 1. The van der Waals surface area contributed by atoms with Crippen LogP contribution in [0.4, 0.5) is 10.5 Å². The van der Waals surface area contributed by atoms with Gasteiger partial charge in [0.25, 0.3) is 0 Å². The Morgan fingerprint density at radius 3 is 2.62 bits per heavy atom. The van der Waals surface area contributed by atoms with Gasteiger partial charge in [0.05, 0.1) is 10.7 Å². The molecule has 1 fully saturated rings. The average Bonchev–Trinajstić information content (AvgIpc) is 2.63. The molecule has 0 spiro atoms. The lowest BCUT2D eigenvalue weighted by molar-refractivity contribution is 0.194. The molecule has 0 radical (unpaired) electrons. The Morgan fingerprint density at radius 1 is 1.12 bits per heavy atom. The second-order valence-electron chi connectivity index (χ2n) is 6.52. The lowest BCUT2D eigenvalue weighted by atomic mass is 9.97. The van der Waals surface area contributed by atoms with Gasteiger partial charge >= 0.3 is 6.03 Å². The SMILES string of the molecule is O=C(NCCC1=CCCCC1)N1CCN(c2ccccc2Cl)CC1. The predicted octanol–water partition coefficient (Wildman–Crippen LogP) is 4.06. The molecule has 4 nitrogen and oxygen atoms in total. The largest absolute Gasteiger partial charge is 0.367 e. The van der Waals surface area contributed by atoms with Crippen LogP contribution in [0, 0.1) is 0 Å². The van der Waals surface area contributed by atoms with Crippen LogP contribution in [0.15, 0.2) is 35.9 Å². The van der Waals surface area contributed by atoms with Crippen LogP contribution in [0.1, 0.15) is 32.1 Å². The summed E-state index contributed by atoms with van der Waals surface area (Å²) in [7, 11) is 0. The molecule has 1 aliphatic heterocycles. The zero-order chi connectivity index (χ0) is 16.8. The number of amides is 2. The molecule has 2 amide bonds. The maximum Gasteiger partial charge on any atom is 0.317 e. The molecule has 0 bridgehead atoms. The number of carbonyl (C=O) groups excluding carboxylic acids is 1. The standard InChI is InChI=1S/C19H26ClN3O/c20-17-8-4-5-9-18(17)22-12-14-23(15-13-22)19(24)21-11-10-16-6-2-1-3-7-16/h4-6,8-9H,1-3,7,10-15H2,(H,21,24). The molecule has 1 aromatic carbocycles. The molecular formula is C19H26ClN3O. The molecule has 0 aromatic heterocycles. The van der Waals surface area contributed by atoms with Crippen molar-refractivity contribution in [1.29, 1.82) is 0 Å². The summed E-state index contributed by atoms with van der Waals surface area (Å²) in [5.74, 6) is 0. The number of anilines is 1. The topological polar surface area (TPSA) is 35.6 Å². The van der Waals surface area contributed by atoms with E-state index in [4.69, 9.17) is 11.6 Å². The summed E-state index contributed by atoms with van der Waals surface area (Å²) in [6, 6.07) is 7.95. The van der Waals surface area contributed by atoms with Crippen LogP contribution >= 0.6 is 11.6 Å². The average molecular weight is 348 g/mol. The summed E-state index contributed by atoms with van der Waals surface area (Å²) in [4.78, 5) is 16.5. The van der Waals surface area contributed by atoms with Gasteiger partial charge in [-0.25, -0.2) is 4.79 Å². The minimum Gasteiger partial charge on any atom is -0.367 e. The summed E-state index contributed by atoms with van der Waals surface area (Å²) in [5.41, 5.74) is 2.56. The first-order chi connectivity index (χ1) is 11.7. The highest BCUT2D eigenvalue weighted by Gasteiger charge is 2.22. The molecule has 1 saturated heterocycles. The Kier molecular flexibility index (Phi) is 6.02. The number of urea groups is 1. The van der Waals surface area contributed by atoms with E-state index in [-0.39, 0.29) is 6.03 Å². The van der Waals surface area contributed by atoms with E-state index < -0.39 is 0 Å². The first kappa shape index (κ1) is 17.2. The molecule has 24 heavy (non-hydrogen) atoms. The number of benzene rings is 1. The first-order valence-electron chi connectivity index (χ1n) is 8.94. The van der Waals surface area contributed by atoms with Crippen LogP contribution in [-0.4, -0.2) is 43.7 Å². The van der Waals surface area contributed by atoms with Gasteiger partial charge in [-0.05, 0) is 44.2 Å². The molecule has 1 N–H and O–H groups in total. The van der Waals surface area contributed by atoms with E-state index in [1.54, 1.807) is 0 Å². The van der Waals surface area contributed by atoms with Crippen LogP contribution in [0.2, 0.25) is 5.02 Å². The van der Waals surface area contributed by atoms with Crippen molar-refractivity contribution in [3.05, 3.63) is 40.9 Å². The van der Waals surface area contributed by atoms with Crippen LogP contribution in [0.3, 0.4) is 0 Å². The summed E-state index contributed by atoms with van der Waals surface area (Å²) < 4.78 is 0. The van der Waals surface area contributed by atoms with E-state index in [1.807, 2.05) is 29.2 Å². The molecule has 3 rings (SSSR count). The molecule has 0 atom stereocenters. The highest BCUT2D eigenvalue weighted by Crippen LogP contribution is 2.26. The molecular weight excluding hydrogens is 322 g/mol. The maximum absolute atomic E-state index is 12.3. The number of nitrogens with zero attached hydrogens (tertiary/aromatic N) is 2. The third-order valence-electron chi connectivity index (χ3n) is 4.87. The second-order valence-corrected chi connectivity index (χ2v) is 6.92. The highest BCUT2D eigenvalue weighted by molar-refractivity contribution is 6.33. The van der Waals surface area contributed by atoms with Crippen molar-refractivity contribution < 1.29 is 4.79 Å². The van der Waals surface area contributed by atoms with Gasteiger partial charge in [0, 0.05) is 32.7 Å². The lowest BCUT2D eigenvalue weighted by Crippen LogP contribution is -2.52. The molecule has 1 heterocycles. The predicted molar refractivity (Wildman–Crippen MR) is 99.8 cm³/mol. The Labute approximate surface area is 149 Å². The molecule has 2 aliphatic rings. The number of rotatable bonds is 4. The third-order valence-corrected chi connectivity index (χ3v) is 5.19. The van der Waals surface area contributed by atoms with Crippen molar-refractivity contribution >= 4 is 23.3 Å². The summed E-state index contributed by atoms with van der Waals surface area (Å²) >= 11 is 6.26. The van der Waals surface area contributed by atoms with Crippen molar-refractivity contribution in [1.82, 2.24) is 10.2 Å². The van der Waals surface area contributed by atoms with Gasteiger partial charge < -0.3 is 15.1 Å². The Balaban J connectivity index is 1.42. The van der Waals surface area contributed by atoms with E-state index in [0.29, 0.717) is 0 Å². The normalized spacial score (nSPS) is 18.3. The van der Waals surface area contributed by atoms with E-state index >= 15 is 0 Å². The summed E-state index contributed by atoms with van der Waals surface area (Å²) in [5, 5.41) is 3.84. The van der Waals surface area contributed by atoms with Crippen molar-refractivity contribution in [3.8, 4) is 0 Å². The zero-order valence-electron chi connectivity index (χ0n) is 14.1. The third kappa shape index (κ3) is 4.44. The van der Waals surface area contributed by atoms with Crippen molar-refractivity contribution in [3.63, 3.8) is 0 Å². The van der Waals surface area contributed by atoms with Crippen molar-refractivity contribution in [2.24, 2.45) is 0 Å². The maximum atomic E-state index is 12.3. The molecule has 0 unspecified atom stereocenters. The fraction of sp³-hybridized carbons (Fsp3) is 0.526. The smallest absolute Gasteiger partial charge is 0.317 e. The summed E-state index contributed by atoms with van der Waals surface area (Å²) in [6.45, 7) is 3.86. The van der Waals surface area contributed by atoms with Crippen LogP contribution < -0.4 is 10.2 Å². The Bertz CT molecular complexity index is 594. The quantitative estimate of drug-likeness (QED) is 0.833. The Hall–Kier alpha value is -1.68. The number of halogens is 1. The number of carbonyl (C=O) groups is 1. The van der Waals surface area contributed by atoms with Crippen molar-refractivity contribution in [2.75, 3.05) is 37.6 Å². The molecule has 1 aliphatic carbocycles. The number of nitrogens with one attached hydrogen (secondary N) is 1. The minimum absolute atomic E-state index is 0.0604.